The van der Waals surface area contributed by atoms with E-state index in [1.165, 1.54) is 0 Å². The molecule has 0 aromatic carbocycles. The van der Waals surface area contributed by atoms with Crippen molar-refractivity contribution < 1.29 is 9.53 Å². The summed E-state index contributed by atoms with van der Waals surface area (Å²) in [6.45, 7) is 4.30. The summed E-state index contributed by atoms with van der Waals surface area (Å²) in [4.78, 5) is 18.4. The maximum atomic E-state index is 12.5. The quantitative estimate of drug-likeness (QED) is 0.899. The maximum Gasteiger partial charge on any atom is 0.257 e. The first-order valence-electron chi connectivity index (χ1n) is 6.76. The van der Waals surface area contributed by atoms with Gasteiger partial charge in [0.15, 0.2) is 0 Å². The number of rotatable bonds is 4. The van der Waals surface area contributed by atoms with E-state index in [2.05, 4.69) is 10.3 Å². The molecule has 19 heavy (non-hydrogen) atoms. The standard InChI is InChI=1S/C14H21N3O2/c1-3-16-13-4-7-15-10-12(13)14(18)17-8-5-11(19-2)6-9-17/h4,7,10-11H,3,5-6,8-9H2,1-2H3,(H,15,16). The van der Waals surface area contributed by atoms with Crippen LogP contribution in [0.15, 0.2) is 18.5 Å². The Morgan fingerprint density at radius 3 is 2.89 bits per heavy atom. The molecular weight excluding hydrogens is 242 g/mol. The van der Waals surface area contributed by atoms with E-state index in [9.17, 15) is 4.79 Å². The Bertz CT molecular complexity index is 428. The lowest BCUT2D eigenvalue weighted by Gasteiger charge is -2.31. The third kappa shape index (κ3) is 3.23. The number of nitrogens with zero attached hydrogens (tertiary/aromatic N) is 2. The predicted molar refractivity (Wildman–Crippen MR) is 74.3 cm³/mol. The number of nitrogens with one attached hydrogen (secondary N) is 1. The van der Waals surface area contributed by atoms with E-state index >= 15 is 0 Å². The minimum Gasteiger partial charge on any atom is -0.385 e. The van der Waals surface area contributed by atoms with Crippen LogP contribution in [0, 0.1) is 0 Å². The summed E-state index contributed by atoms with van der Waals surface area (Å²) in [7, 11) is 1.73. The lowest BCUT2D eigenvalue weighted by molar-refractivity contribution is 0.0351. The van der Waals surface area contributed by atoms with Crippen LogP contribution < -0.4 is 5.32 Å². The van der Waals surface area contributed by atoms with Crippen LogP contribution in [0.3, 0.4) is 0 Å². The summed E-state index contributed by atoms with van der Waals surface area (Å²) in [6.07, 6.45) is 5.43. The molecular formula is C14H21N3O2. The van der Waals surface area contributed by atoms with Gasteiger partial charge in [-0.1, -0.05) is 0 Å². The third-order valence-electron chi connectivity index (χ3n) is 3.48. The number of ether oxygens (including phenoxy) is 1. The summed E-state index contributed by atoms with van der Waals surface area (Å²) in [5.41, 5.74) is 1.51. The number of aromatic nitrogens is 1. The zero-order valence-corrected chi connectivity index (χ0v) is 11.6. The number of amides is 1. The van der Waals surface area contributed by atoms with Crippen molar-refractivity contribution in [2.24, 2.45) is 0 Å². The smallest absolute Gasteiger partial charge is 0.257 e. The van der Waals surface area contributed by atoms with Crippen LogP contribution in [0.25, 0.3) is 0 Å². The number of methoxy groups -OCH3 is 1. The first-order chi connectivity index (χ1) is 9.26. The summed E-state index contributed by atoms with van der Waals surface area (Å²) < 4.78 is 5.32. The summed E-state index contributed by atoms with van der Waals surface area (Å²) in [6, 6.07) is 1.85. The van der Waals surface area contributed by atoms with Crippen LogP contribution in [-0.2, 0) is 4.74 Å². The zero-order chi connectivity index (χ0) is 13.7. The minimum absolute atomic E-state index is 0.0543. The van der Waals surface area contributed by atoms with Crippen molar-refractivity contribution in [3.8, 4) is 0 Å². The van der Waals surface area contributed by atoms with Crippen molar-refractivity contribution in [1.82, 2.24) is 9.88 Å². The second-order valence-electron chi connectivity index (χ2n) is 4.68. The molecule has 2 heterocycles. The average Bonchev–Trinajstić information content (AvgIpc) is 2.47. The zero-order valence-electron chi connectivity index (χ0n) is 11.6. The van der Waals surface area contributed by atoms with Crippen molar-refractivity contribution >= 4 is 11.6 Å². The Balaban J connectivity index is 2.07. The van der Waals surface area contributed by atoms with E-state index in [0.717, 1.165) is 38.2 Å². The van der Waals surface area contributed by atoms with Crippen LogP contribution in [0.4, 0.5) is 5.69 Å². The van der Waals surface area contributed by atoms with Crippen LogP contribution in [0.5, 0.6) is 0 Å². The van der Waals surface area contributed by atoms with Gasteiger partial charge in [0.25, 0.3) is 5.91 Å². The van der Waals surface area contributed by atoms with Gasteiger partial charge in [-0.3, -0.25) is 9.78 Å². The highest BCUT2D eigenvalue weighted by molar-refractivity contribution is 5.99. The van der Waals surface area contributed by atoms with Crippen molar-refractivity contribution in [2.45, 2.75) is 25.9 Å². The Labute approximate surface area is 114 Å². The van der Waals surface area contributed by atoms with Crippen molar-refractivity contribution in [3.05, 3.63) is 24.0 Å². The largest absolute Gasteiger partial charge is 0.385 e. The molecule has 0 radical (unpaired) electrons. The van der Waals surface area contributed by atoms with Gasteiger partial charge in [-0.25, -0.2) is 0 Å². The lowest BCUT2D eigenvalue weighted by Crippen LogP contribution is -2.40. The van der Waals surface area contributed by atoms with Gasteiger partial charge in [-0.2, -0.15) is 0 Å². The molecule has 1 fully saturated rings. The first kappa shape index (κ1) is 13.8. The molecule has 1 aliphatic rings. The first-order valence-corrected chi connectivity index (χ1v) is 6.76. The van der Waals surface area contributed by atoms with Crippen molar-refractivity contribution in [3.63, 3.8) is 0 Å². The fourth-order valence-electron chi connectivity index (χ4n) is 2.37. The molecule has 0 spiro atoms. The van der Waals surface area contributed by atoms with E-state index in [0.29, 0.717) is 5.56 Å². The average molecular weight is 263 g/mol. The summed E-state index contributed by atoms with van der Waals surface area (Å²) in [5.74, 6) is 0.0543. The third-order valence-corrected chi connectivity index (χ3v) is 3.48. The number of piperidine rings is 1. The molecule has 104 valence electrons. The molecule has 1 aliphatic heterocycles. The van der Waals surface area contributed by atoms with E-state index in [4.69, 9.17) is 4.74 Å². The van der Waals surface area contributed by atoms with Gasteiger partial charge in [-0.15, -0.1) is 0 Å². The highest BCUT2D eigenvalue weighted by atomic mass is 16.5. The normalized spacial score (nSPS) is 16.4. The Morgan fingerprint density at radius 1 is 1.53 bits per heavy atom. The molecule has 1 saturated heterocycles. The number of hydrogen-bond acceptors (Lipinski definition) is 4. The number of hydrogen-bond donors (Lipinski definition) is 1. The van der Waals surface area contributed by atoms with Crippen LogP contribution in [0.2, 0.25) is 0 Å². The van der Waals surface area contributed by atoms with E-state index in [-0.39, 0.29) is 12.0 Å². The van der Waals surface area contributed by atoms with Gasteiger partial charge in [-0.05, 0) is 25.8 Å². The highest BCUT2D eigenvalue weighted by Gasteiger charge is 2.24. The molecule has 1 amide bonds. The number of carbonyl (C=O) groups is 1. The van der Waals surface area contributed by atoms with Crippen molar-refractivity contribution in [1.29, 1.82) is 0 Å². The monoisotopic (exact) mass is 263 g/mol. The highest BCUT2D eigenvalue weighted by Crippen LogP contribution is 2.19. The van der Waals surface area contributed by atoms with Crippen LogP contribution >= 0.6 is 0 Å². The fourth-order valence-corrected chi connectivity index (χ4v) is 2.37. The molecule has 0 aliphatic carbocycles. The fraction of sp³-hybridized carbons (Fsp3) is 0.571. The number of carbonyl (C=O) groups excluding carboxylic acids is 1. The number of likely N-dealkylation sites (tertiary alicyclic amines) is 1. The predicted octanol–water partition coefficient (Wildman–Crippen LogP) is 1.76. The molecule has 2 rings (SSSR count). The van der Waals surface area contributed by atoms with Gasteiger partial charge < -0.3 is 15.0 Å². The van der Waals surface area contributed by atoms with Crippen LogP contribution in [0.1, 0.15) is 30.1 Å². The minimum atomic E-state index is 0.0543. The molecule has 0 atom stereocenters. The molecule has 0 saturated carbocycles. The van der Waals surface area contributed by atoms with Gasteiger partial charge in [0.2, 0.25) is 0 Å². The van der Waals surface area contributed by atoms with Gasteiger partial charge in [0, 0.05) is 39.1 Å². The molecule has 0 bridgehead atoms. The summed E-state index contributed by atoms with van der Waals surface area (Å²) >= 11 is 0. The second kappa shape index (κ2) is 6.52. The Hall–Kier alpha value is -1.62. The molecule has 0 unspecified atom stereocenters. The molecule has 5 nitrogen and oxygen atoms in total. The van der Waals surface area contributed by atoms with Crippen LogP contribution in [-0.4, -0.2) is 48.6 Å². The number of anilines is 1. The Morgan fingerprint density at radius 2 is 2.26 bits per heavy atom. The van der Waals surface area contributed by atoms with Gasteiger partial charge in [0.1, 0.15) is 0 Å². The topological polar surface area (TPSA) is 54.5 Å². The lowest BCUT2D eigenvalue weighted by atomic mass is 10.1. The number of pyridine rings is 1. The van der Waals surface area contributed by atoms with Gasteiger partial charge >= 0.3 is 0 Å². The second-order valence-corrected chi connectivity index (χ2v) is 4.68. The van der Waals surface area contributed by atoms with E-state index in [1.807, 2.05) is 17.9 Å². The molecule has 1 N–H and O–H groups in total. The SMILES string of the molecule is CCNc1ccncc1C(=O)N1CCC(OC)CC1. The molecule has 1 aromatic heterocycles. The van der Waals surface area contributed by atoms with Gasteiger partial charge in [0.05, 0.1) is 17.4 Å². The maximum absolute atomic E-state index is 12.5. The summed E-state index contributed by atoms with van der Waals surface area (Å²) in [5, 5.41) is 3.20. The molecule has 1 aromatic rings. The van der Waals surface area contributed by atoms with E-state index < -0.39 is 0 Å². The van der Waals surface area contributed by atoms with Crippen molar-refractivity contribution in [2.75, 3.05) is 32.1 Å². The molecule has 5 heteroatoms. The van der Waals surface area contributed by atoms with E-state index in [1.54, 1.807) is 19.5 Å². The Kier molecular flexibility index (Phi) is 4.74.